The van der Waals surface area contributed by atoms with Gasteiger partial charge in [0.1, 0.15) is 19.3 Å². The molecule has 0 aliphatic carbocycles. The van der Waals surface area contributed by atoms with Crippen LogP contribution in [0.2, 0.25) is 0 Å². The van der Waals surface area contributed by atoms with Crippen LogP contribution in [0.5, 0.6) is 0 Å². The maximum Gasteiger partial charge on any atom is 0.437 e. The minimum Gasteiger partial charge on any atom is -0.444 e. The summed E-state index contributed by atoms with van der Waals surface area (Å²) in [4.78, 5) is 61.9. The van der Waals surface area contributed by atoms with Gasteiger partial charge in [-0.2, -0.15) is 4.72 Å². The fourth-order valence-corrected chi connectivity index (χ4v) is 7.66. The van der Waals surface area contributed by atoms with Gasteiger partial charge in [0.25, 0.3) is 0 Å². The van der Waals surface area contributed by atoms with Crippen molar-refractivity contribution < 1.29 is 37.1 Å². The summed E-state index contributed by atoms with van der Waals surface area (Å²) in [6.45, 7) is 4.18. The smallest absolute Gasteiger partial charge is 0.437 e. The lowest BCUT2D eigenvalue weighted by atomic mass is 9.93. The summed E-state index contributed by atoms with van der Waals surface area (Å²) in [5.74, 6) is -1.04. The Kier molecular flexibility index (Phi) is 13.7. The van der Waals surface area contributed by atoms with Gasteiger partial charge in [-0.3, -0.25) is 14.9 Å². The number of Topliss-reactive ketones (excluding diaryl/α,β-unsaturated/α-hetero) is 1. The molecule has 281 valence electrons. The van der Waals surface area contributed by atoms with Crippen LogP contribution in [0.4, 0.5) is 9.59 Å². The summed E-state index contributed by atoms with van der Waals surface area (Å²) in [7, 11) is -4.03. The third-order valence-electron chi connectivity index (χ3n) is 8.99. The Morgan fingerprint density at radius 1 is 0.811 bits per heavy atom. The summed E-state index contributed by atoms with van der Waals surface area (Å²) >= 11 is 0. The molecule has 2 aliphatic heterocycles. The van der Waals surface area contributed by atoms with E-state index in [1.54, 1.807) is 47.4 Å². The summed E-state index contributed by atoms with van der Waals surface area (Å²) in [5, 5.41) is 2.57. The van der Waals surface area contributed by atoms with E-state index in [1.165, 1.54) is 17.0 Å². The summed E-state index contributed by atoms with van der Waals surface area (Å²) < 4.78 is 40.0. The van der Waals surface area contributed by atoms with Crippen LogP contribution < -0.4 is 10.0 Å². The van der Waals surface area contributed by atoms with Crippen molar-refractivity contribution >= 4 is 39.9 Å². The third-order valence-corrected chi connectivity index (χ3v) is 10.5. The Balaban J connectivity index is 1.36. The Morgan fingerprint density at radius 3 is 2.04 bits per heavy atom. The molecule has 0 bridgehead atoms. The molecule has 3 amide bonds. The van der Waals surface area contributed by atoms with Gasteiger partial charge < -0.3 is 19.3 Å². The minimum atomic E-state index is -4.03. The number of carbonyl (C=O) groups excluding carboxylic acids is 4. The normalized spacial score (nSPS) is 18.4. The molecule has 13 nitrogen and oxygen atoms in total. The number of amides is 3. The standard InChI is InChI=1S/C39H46N5O8S/c1-28(2)25-32(42-53(49,50)31-19-10-5-11-20-31)36(46)43-24-14-22-33(43)35(45)34-21-12-13-23-44(34)37(40-38(47)51-26-29-15-6-3-7-16-29)41-39(48)52-27-30-17-8-4-9-18-30/h3-12,15-20,28,32-34,42H,13-14,21-27H2,1-2H3,(H,40,41,47,48)/t32-,33+,34?/m1/s1. The Bertz CT molecular complexity index is 1840. The van der Waals surface area contributed by atoms with Crippen LogP contribution in [0.15, 0.2) is 101 Å². The molecule has 2 N–H and O–H groups in total. The van der Waals surface area contributed by atoms with Crippen LogP contribution in [0.1, 0.15) is 57.1 Å². The molecule has 2 fully saturated rings. The van der Waals surface area contributed by atoms with Crippen molar-refractivity contribution in [1.29, 1.82) is 0 Å². The first kappa shape index (κ1) is 39.1. The molecule has 2 heterocycles. The average molecular weight is 745 g/mol. The highest BCUT2D eigenvalue weighted by molar-refractivity contribution is 7.89. The van der Waals surface area contributed by atoms with E-state index in [1.807, 2.05) is 56.7 Å². The fraction of sp³-hybridized carbons (Fsp3) is 0.385. The number of piperidine rings is 1. The van der Waals surface area contributed by atoms with E-state index < -0.39 is 46.2 Å². The van der Waals surface area contributed by atoms with Gasteiger partial charge >= 0.3 is 12.2 Å². The topological polar surface area (TPSA) is 164 Å². The van der Waals surface area contributed by atoms with Crippen molar-refractivity contribution in [3.63, 3.8) is 0 Å². The lowest BCUT2D eigenvalue weighted by Crippen LogP contribution is -2.59. The van der Waals surface area contributed by atoms with Gasteiger partial charge in [-0.05, 0) is 67.7 Å². The van der Waals surface area contributed by atoms with Gasteiger partial charge in [-0.25, -0.2) is 18.0 Å². The van der Waals surface area contributed by atoms with Crippen molar-refractivity contribution in [1.82, 2.24) is 19.8 Å². The van der Waals surface area contributed by atoms with Crippen molar-refractivity contribution in [3.05, 3.63) is 109 Å². The zero-order valence-electron chi connectivity index (χ0n) is 29.9. The predicted molar refractivity (Wildman–Crippen MR) is 198 cm³/mol. The van der Waals surface area contributed by atoms with Crippen LogP contribution in [-0.4, -0.2) is 79.3 Å². The SMILES string of the molecule is CC(C)C[C@@H](NS(=O)(=O)c1ccccc1)C(=O)N1CCC[C@H]1C(=O)C1C[CH]CCN1C(=NC(=O)OCc1ccccc1)NC(=O)OCc1ccccc1. The molecule has 3 aromatic carbocycles. The Labute approximate surface area is 310 Å². The lowest BCUT2D eigenvalue weighted by Gasteiger charge is -2.39. The number of ether oxygens (including phenoxy) is 2. The second kappa shape index (κ2) is 18.6. The highest BCUT2D eigenvalue weighted by Crippen LogP contribution is 2.27. The molecule has 0 spiro atoms. The number of aliphatic imine (C=N–C) groups is 1. The fourth-order valence-electron chi connectivity index (χ4n) is 6.44. The molecule has 14 heteroatoms. The monoisotopic (exact) mass is 744 g/mol. The molecule has 3 atom stereocenters. The minimum absolute atomic E-state index is 0.0317. The van der Waals surface area contributed by atoms with E-state index in [2.05, 4.69) is 15.0 Å². The number of hydrogen-bond acceptors (Lipinski definition) is 8. The first-order valence-electron chi connectivity index (χ1n) is 17.8. The molecule has 2 saturated heterocycles. The van der Waals surface area contributed by atoms with Gasteiger partial charge in [0.05, 0.1) is 17.0 Å². The number of carbonyl (C=O) groups is 4. The second-order valence-electron chi connectivity index (χ2n) is 13.4. The highest BCUT2D eigenvalue weighted by atomic mass is 32.2. The number of guanidine groups is 1. The number of nitrogens with one attached hydrogen (secondary N) is 2. The predicted octanol–water partition coefficient (Wildman–Crippen LogP) is 5.23. The van der Waals surface area contributed by atoms with Crippen molar-refractivity contribution in [2.24, 2.45) is 10.9 Å². The lowest BCUT2D eigenvalue weighted by molar-refractivity contribution is -0.140. The number of benzene rings is 3. The second-order valence-corrected chi connectivity index (χ2v) is 15.1. The number of ketones is 1. The number of nitrogens with zero attached hydrogens (tertiary/aromatic N) is 3. The van der Waals surface area contributed by atoms with Crippen LogP contribution in [0, 0.1) is 12.3 Å². The van der Waals surface area contributed by atoms with Crippen molar-refractivity contribution in [2.75, 3.05) is 13.1 Å². The number of likely N-dealkylation sites (tertiary alicyclic amines) is 2. The third kappa shape index (κ3) is 11.0. The molecule has 5 rings (SSSR count). The summed E-state index contributed by atoms with van der Waals surface area (Å²) in [5.41, 5.74) is 1.48. The van der Waals surface area contributed by atoms with Gasteiger partial charge in [0, 0.05) is 13.1 Å². The van der Waals surface area contributed by atoms with Crippen LogP contribution in [0.3, 0.4) is 0 Å². The molecule has 53 heavy (non-hydrogen) atoms. The van der Waals surface area contributed by atoms with Crippen LogP contribution >= 0.6 is 0 Å². The molecule has 1 unspecified atom stereocenters. The van der Waals surface area contributed by atoms with E-state index in [4.69, 9.17) is 9.47 Å². The van der Waals surface area contributed by atoms with E-state index in [9.17, 15) is 27.6 Å². The average Bonchev–Trinajstić information content (AvgIpc) is 3.66. The number of alkyl carbamates (subject to hydrolysis) is 1. The van der Waals surface area contributed by atoms with Crippen LogP contribution in [-0.2, 0) is 42.3 Å². The molecule has 1 radical (unpaired) electrons. The molecule has 0 aromatic heterocycles. The van der Waals surface area contributed by atoms with E-state index >= 15 is 0 Å². The van der Waals surface area contributed by atoms with Gasteiger partial charge in [-0.15, -0.1) is 4.99 Å². The molecule has 0 saturated carbocycles. The van der Waals surface area contributed by atoms with E-state index in [0.717, 1.165) is 11.1 Å². The molecule has 3 aromatic rings. The maximum atomic E-state index is 14.5. The quantitative estimate of drug-likeness (QED) is 0.187. The van der Waals surface area contributed by atoms with Crippen LogP contribution in [0.25, 0.3) is 0 Å². The highest BCUT2D eigenvalue weighted by Gasteiger charge is 2.43. The Morgan fingerprint density at radius 2 is 1.42 bits per heavy atom. The first-order valence-corrected chi connectivity index (χ1v) is 19.3. The van der Waals surface area contributed by atoms with Crippen molar-refractivity contribution in [2.45, 2.75) is 82.2 Å². The number of sulfonamides is 1. The zero-order chi connectivity index (χ0) is 37.8. The van der Waals surface area contributed by atoms with Gasteiger partial charge in [0.15, 0.2) is 5.78 Å². The zero-order valence-corrected chi connectivity index (χ0v) is 30.7. The largest absolute Gasteiger partial charge is 0.444 e. The molecular formula is C39H46N5O8S. The molecule has 2 aliphatic rings. The Hall–Kier alpha value is -5.08. The van der Waals surface area contributed by atoms with Gasteiger partial charge in [-0.1, -0.05) is 92.7 Å². The van der Waals surface area contributed by atoms with Crippen molar-refractivity contribution in [3.8, 4) is 0 Å². The molecular weight excluding hydrogens is 699 g/mol. The van der Waals surface area contributed by atoms with E-state index in [0.29, 0.717) is 19.3 Å². The number of rotatable bonds is 12. The summed E-state index contributed by atoms with van der Waals surface area (Å²) in [6.07, 6.45) is 1.98. The maximum absolute atomic E-state index is 14.5. The first-order chi connectivity index (χ1) is 25.5. The van der Waals surface area contributed by atoms with E-state index in [-0.39, 0.29) is 61.7 Å². The number of hydrogen-bond donors (Lipinski definition) is 2. The van der Waals surface area contributed by atoms with Gasteiger partial charge in [0.2, 0.25) is 21.9 Å². The summed E-state index contributed by atoms with van der Waals surface area (Å²) in [6, 6.07) is 23.1.